The molecule has 0 saturated carbocycles. The molecule has 1 atom stereocenters. The first-order valence-corrected chi connectivity index (χ1v) is 10.2. The van der Waals surface area contributed by atoms with Crippen LogP contribution in [0.2, 0.25) is 0 Å². The average molecular weight is 416 g/mol. The van der Waals surface area contributed by atoms with Gasteiger partial charge in [-0.05, 0) is 48.7 Å². The maximum Gasteiger partial charge on any atom is 0.416 e. The van der Waals surface area contributed by atoms with Gasteiger partial charge in [0.05, 0.1) is 10.5 Å². The molecule has 152 valence electrons. The quantitative estimate of drug-likeness (QED) is 0.757. The molecule has 9 heteroatoms. The van der Waals surface area contributed by atoms with Crippen molar-refractivity contribution in [3.8, 4) is 0 Å². The largest absolute Gasteiger partial charge is 0.416 e. The Labute approximate surface area is 161 Å². The molecule has 2 aromatic carbocycles. The molecule has 0 amide bonds. The van der Waals surface area contributed by atoms with Gasteiger partial charge in [0.1, 0.15) is 5.82 Å². The smallest absolute Gasteiger partial charge is 0.297 e. The van der Waals surface area contributed by atoms with Gasteiger partial charge in [0.25, 0.3) is 0 Å². The van der Waals surface area contributed by atoms with Gasteiger partial charge in [-0.25, -0.2) is 17.5 Å². The number of hydrogen-bond donors (Lipinski definition) is 1. The highest BCUT2D eigenvalue weighted by Crippen LogP contribution is 2.29. The molecule has 0 aromatic heterocycles. The van der Waals surface area contributed by atoms with Crippen LogP contribution < -0.4 is 4.72 Å². The number of rotatable bonds is 5. The lowest BCUT2D eigenvalue weighted by atomic mass is 10.1. The molecule has 1 N–H and O–H groups in total. The van der Waals surface area contributed by atoms with Gasteiger partial charge < -0.3 is 0 Å². The number of hydrogen-bond acceptors (Lipinski definition) is 3. The third kappa shape index (κ3) is 4.89. The Bertz CT molecular complexity index is 943. The van der Waals surface area contributed by atoms with Crippen molar-refractivity contribution in [3.05, 3.63) is 65.0 Å². The average Bonchev–Trinajstić information content (AvgIpc) is 3.02. The van der Waals surface area contributed by atoms with Crippen molar-refractivity contribution in [1.82, 2.24) is 9.62 Å². The molecule has 0 spiro atoms. The molecule has 0 aliphatic carbocycles. The first-order valence-electron chi connectivity index (χ1n) is 8.71. The SMILES string of the molecule is Cc1ccc(F)cc1S(=O)(=O)N[C@@H]1CCN(Cc2ccc(C(F)(F)F)cc2)C1. The standard InChI is InChI=1S/C19H20F4N2O2S/c1-13-2-7-16(20)10-18(13)28(26,27)24-17-8-9-25(12-17)11-14-3-5-15(6-4-14)19(21,22)23/h2-7,10,17,24H,8-9,11-12H2,1H3/t17-/m1/s1. The van der Waals surface area contributed by atoms with Gasteiger partial charge >= 0.3 is 6.18 Å². The van der Waals surface area contributed by atoms with Crippen LogP contribution in [-0.4, -0.2) is 32.4 Å². The zero-order valence-corrected chi connectivity index (χ0v) is 15.9. The van der Waals surface area contributed by atoms with Gasteiger partial charge in [0.15, 0.2) is 0 Å². The van der Waals surface area contributed by atoms with Gasteiger partial charge in [-0.3, -0.25) is 4.90 Å². The summed E-state index contributed by atoms with van der Waals surface area (Å²) < 4.78 is 79.0. The summed E-state index contributed by atoms with van der Waals surface area (Å²) in [7, 11) is -3.86. The van der Waals surface area contributed by atoms with Crippen LogP contribution in [0, 0.1) is 12.7 Å². The van der Waals surface area contributed by atoms with Crippen molar-refractivity contribution in [2.75, 3.05) is 13.1 Å². The summed E-state index contributed by atoms with van der Waals surface area (Å²) in [6.45, 7) is 3.06. The molecule has 3 rings (SSSR count). The minimum Gasteiger partial charge on any atom is -0.297 e. The van der Waals surface area contributed by atoms with E-state index in [0.29, 0.717) is 31.6 Å². The van der Waals surface area contributed by atoms with Crippen LogP contribution in [0.15, 0.2) is 47.4 Å². The molecule has 0 radical (unpaired) electrons. The Morgan fingerprint density at radius 3 is 2.46 bits per heavy atom. The molecule has 0 bridgehead atoms. The summed E-state index contributed by atoms with van der Waals surface area (Å²) in [5, 5.41) is 0. The summed E-state index contributed by atoms with van der Waals surface area (Å²) in [6, 6.07) is 8.20. The molecule has 1 fully saturated rings. The maximum atomic E-state index is 13.4. The second kappa shape index (κ2) is 7.81. The Morgan fingerprint density at radius 1 is 1.14 bits per heavy atom. The molecule has 2 aromatic rings. The summed E-state index contributed by atoms with van der Waals surface area (Å²) in [5.41, 5.74) is 0.472. The van der Waals surface area contributed by atoms with Crippen LogP contribution in [0.1, 0.15) is 23.1 Å². The third-order valence-corrected chi connectivity index (χ3v) is 6.38. The second-order valence-electron chi connectivity index (χ2n) is 6.95. The Balaban J connectivity index is 1.62. The third-order valence-electron chi connectivity index (χ3n) is 4.72. The molecule has 1 saturated heterocycles. The number of alkyl halides is 3. The van der Waals surface area contributed by atoms with Crippen LogP contribution in [0.4, 0.5) is 17.6 Å². The predicted octanol–water partition coefficient (Wildman–Crippen LogP) is 3.71. The molecular weight excluding hydrogens is 396 g/mol. The van der Waals surface area contributed by atoms with Crippen LogP contribution in [0.25, 0.3) is 0 Å². The fraction of sp³-hybridized carbons (Fsp3) is 0.368. The number of benzene rings is 2. The highest BCUT2D eigenvalue weighted by molar-refractivity contribution is 7.89. The Morgan fingerprint density at radius 2 is 1.82 bits per heavy atom. The van der Waals surface area contributed by atoms with Crippen LogP contribution in [0.5, 0.6) is 0 Å². The lowest BCUT2D eigenvalue weighted by Crippen LogP contribution is -2.37. The molecule has 1 aliphatic rings. The van der Waals surface area contributed by atoms with E-state index in [0.717, 1.165) is 23.8 Å². The molecular formula is C19H20F4N2O2S. The molecule has 1 aliphatic heterocycles. The highest BCUT2D eigenvalue weighted by atomic mass is 32.2. The number of nitrogens with one attached hydrogen (secondary N) is 1. The minimum atomic E-state index is -4.37. The van der Waals surface area contributed by atoms with Crippen molar-refractivity contribution >= 4 is 10.0 Å². The molecule has 28 heavy (non-hydrogen) atoms. The number of nitrogens with zero attached hydrogens (tertiary/aromatic N) is 1. The predicted molar refractivity (Wildman–Crippen MR) is 96.6 cm³/mol. The van der Waals surface area contributed by atoms with E-state index < -0.39 is 27.6 Å². The van der Waals surface area contributed by atoms with E-state index in [4.69, 9.17) is 0 Å². The van der Waals surface area contributed by atoms with E-state index in [1.165, 1.54) is 24.3 Å². The topological polar surface area (TPSA) is 49.4 Å². The first-order chi connectivity index (χ1) is 13.0. The monoisotopic (exact) mass is 416 g/mol. The van der Waals surface area contributed by atoms with Crippen molar-refractivity contribution < 1.29 is 26.0 Å². The maximum absolute atomic E-state index is 13.4. The Hall–Kier alpha value is -1.97. The summed E-state index contributed by atoms with van der Waals surface area (Å²) in [6.07, 6.45) is -3.81. The van der Waals surface area contributed by atoms with E-state index in [2.05, 4.69) is 4.72 Å². The van der Waals surface area contributed by atoms with E-state index in [1.807, 2.05) is 4.90 Å². The van der Waals surface area contributed by atoms with Crippen LogP contribution in [0.3, 0.4) is 0 Å². The van der Waals surface area contributed by atoms with Crippen LogP contribution in [-0.2, 0) is 22.7 Å². The van der Waals surface area contributed by atoms with E-state index >= 15 is 0 Å². The lowest BCUT2D eigenvalue weighted by Gasteiger charge is -2.18. The minimum absolute atomic E-state index is 0.0892. The van der Waals surface area contributed by atoms with Crippen LogP contribution >= 0.6 is 0 Å². The summed E-state index contributed by atoms with van der Waals surface area (Å²) in [4.78, 5) is 1.88. The fourth-order valence-electron chi connectivity index (χ4n) is 3.28. The summed E-state index contributed by atoms with van der Waals surface area (Å²) >= 11 is 0. The normalized spacial score (nSPS) is 18.5. The first kappa shape index (κ1) is 20.8. The van der Waals surface area contributed by atoms with Crippen molar-refractivity contribution in [2.24, 2.45) is 0 Å². The number of sulfonamides is 1. The number of halogens is 4. The van der Waals surface area contributed by atoms with Crippen molar-refractivity contribution in [3.63, 3.8) is 0 Å². The van der Waals surface area contributed by atoms with E-state index in [1.54, 1.807) is 6.92 Å². The van der Waals surface area contributed by atoms with E-state index in [-0.39, 0.29) is 10.9 Å². The second-order valence-corrected chi connectivity index (χ2v) is 8.63. The molecule has 1 heterocycles. The fourth-order valence-corrected chi connectivity index (χ4v) is 4.79. The Kier molecular flexibility index (Phi) is 5.79. The van der Waals surface area contributed by atoms with Gasteiger partial charge in [0, 0.05) is 25.7 Å². The number of likely N-dealkylation sites (tertiary alicyclic amines) is 1. The lowest BCUT2D eigenvalue weighted by molar-refractivity contribution is -0.137. The van der Waals surface area contributed by atoms with Gasteiger partial charge in [-0.15, -0.1) is 0 Å². The number of aryl methyl sites for hydroxylation is 1. The zero-order chi connectivity index (χ0) is 20.5. The van der Waals surface area contributed by atoms with E-state index in [9.17, 15) is 26.0 Å². The van der Waals surface area contributed by atoms with Crippen molar-refractivity contribution in [2.45, 2.75) is 37.0 Å². The zero-order valence-electron chi connectivity index (χ0n) is 15.1. The highest BCUT2D eigenvalue weighted by Gasteiger charge is 2.31. The molecule has 4 nitrogen and oxygen atoms in total. The van der Waals surface area contributed by atoms with Gasteiger partial charge in [0.2, 0.25) is 10.0 Å². The van der Waals surface area contributed by atoms with Gasteiger partial charge in [-0.2, -0.15) is 13.2 Å². The molecule has 0 unspecified atom stereocenters. The summed E-state index contributed by atoms with van der Waals surface area (Å²) in [5.74, 6) is -0.624. The van der Waals surface area contributed by atoms with Crippen molar-refractivity contribution in [1.29, 1.82) is 0 Å². The van der Waals surface area contributed by atoms with Gasteiger partial charge in [-0.1, -0.05) is 18.2 Å².